The minimum atomic E-state index is -0.317. The van der Waals surface area contributed by atoms with Gasteiger partial charge in [-0.3, -0.25) is 4.79 Å². The Balaban J connectivity index is 2.60. The van der Waals surface area contributed by atoms with E-state index in [1.165, 1.54) is 0 Å². The molecule has 0 radical (unpaired) electrons. The molecule has 16 heavy (non-hydrogen) atoms. The first-order valence-electron chi connectivity index (χ1n) is 5.71. The van der Waals surface area contributed by atoms with Crippen LogP contribution in [0.2, 0.25) is 0 Å². The summed E-state index contributed by atoms with van der Waals surface area (Å²) in [6.07, 6.45) is 2.47. The lowest BCUT2D eigenvalue weighted by Crippen LogP contribution is -2.46. The molecule has 1 rings (SSSR count). The zero-order valence-corrected chi connectivity index (χ0v) is 10.8. The maximum atomic E-state index is 12.1. The molecule has 1 fully saturated rings. The van der Waals surface area contributed by atoms with Crippen LogP contribution in [0.25, 0.3) is 0 Å². The Morgan fingerprint density at radius 2 is 2.12 bits per heavy atom. The minimum absolute atomic E-state index is 0.0434. The van der Waals surface area contributed by atoms with Crippen molar-refractivity contribution in [2.45, 2.75) is 32.2 Å². The summed E-state index contributed by atoms with van der Waals surface area (Å²) in [6, 6.07) is 0.268. The minimum Gasteiger partial charge on any atom is -0.393 e. The van der Waals surface area contributed by atoms with Gasteiger partial charge >= 0.3 is 0 Å². The van der Waals surface area contributed by atoms with E-state index in [0.29, 0.717) is 11.4 Å². The van der Waals surface area contributed by atoms with Gasteiger partial charge in [0.15, 0.2) is 0 Å². The van der Waals surface area contributed by atoms with E-state index in [-0.39, 0.29) is 17.9 Å². The van der Waals surface area contributed by atoms with E-state index in [4.69, 9.17) is 22.7 Å². The smallest absolute Gasteiger partial charge is 0.232 e. The number of nitrogens with zero attached hydrogens (tertiary/aromatic N) is 1. The maximum Gasteiger partial charge on any atom is 0.232 e. The number of rotatable bonds is 4. The van der Waals surface area contributed by atoms with Crippen LogP contribution in [0.4, 0.5) is 0 Å². The van der Waals surface area contributed by atoms with Gasteiger partial charge in [0, 0.05) is 26.3 Å². The molecule has 2 N–H and O–H groups in total. The molecular weight excluding hydrogens is 224 g/mol. The molecule has 1 aliphatic heterocycles. The van der Waals surface area contributed by atoms with Gasteiger partial charge in [0.05, 0.1) is 10.9 Å². The topological polar surface area (TPSA) is 55.6 Å². The Morgan fingerprint density at radius 3 is 2.56 bits per heavy atom. The third-order valence-electron chi connectivity index (χ3n) is 3.14. The van der Waals surface area contributed by atoms with Crippen LogP contribution < -0.4 is 5.73 Å². The Labute approximate surface area is 102 Å². The summed E-state index contributed by atoms with van der Waals surface area (Å²) < 4.78 is 5.28. The van der Waals surface area contributed by atoms with E-state index >= 15 is 0 Å². The Kier molecular flexibility index (Phi) is 5.15. The van der Waals surface area contributed by atoms with Crippen LogP contribution >= 0.6 is 12.2 Å². The highest BCUT2D eigenvalue weighted by Gasteiger charge is 2.28. The summed E-state index contributed by atoms with van der Waals surface area (Å²) in [5.41, 5.74) is 5.57. The average molecular weight is 244 g/mol. The molecule has 92 valence electrons. The van der Waals surface area contributed by atoms with Crippen molar-refractivity contribution in [1.82, 2.24) is 4.90 Å². The van der Waals surface area contributed by atoms with Crippen molar-refractivity contribution in [3.8, 4) is 0 Å². The lowest BCUT2D eigenvalue weighted by molar-refractivity contribution is -0.135. The number of thiocarbonyl (C=S) groups is 1. The standard InChI is InChI=1S/C11H20N2O2S/c1-3-9(10(12)16)11(14)13(2)8-4-6-15-7-5-8/h8-9H,3-7H2,1-2H3,(H2,12,16). The van der Waals surface area contributed by atoms with E-state index in [2.05, 4.69) is 0 Å². The monoisotopic (exact) mass is 244 g/mol. The summed E-state index contributed by atoms with van der Waals surface area (Å²) in [5.74, 6) is -0.273. The van der Waals surface area contributed by atoms with Crippen molar-refractivity contribution >= 4 is 23.1 Å². The lowest BCUT2D eigenvalue weighted by Gasteiger charge is -2.33. The lowest BCUT2D eigenvalue weighted by atomic mass is 10.0. The fourth-order valence-corrected chi connectivity index (χ4v) is 2.26. The largest absolute Gasteiger partial charge is 0.393 e. The van der Waals surface area contributed by atoms with Crippen LogP contribution in [0.3, 0.4) is 0 Å². The van der Waals surface area contributed by atoms with Gasteiger partial charge in [0.25, 0.3) is 0 Å². The first-order valence-corrected chi connectivity index (χ1v) is 6.12. The molecule has 0 aliphatic carbocycles. The number of hydrogen-bond donors (Lipinski definition) is 1. The molecule has 0 aromatic heterocycles. The Hall–Kier alpha value is -0.680. The molecule has 1 unspecified atom stereocenters. The van der Waals surface area contributed by atoms with E-state index in [1.54, 1.807) is 4.90 Å². The fourth-order valence-electron chi connectivity index (χ4n) is 2.00. The number of carbonyl (C=O) groups excluding carboxylic acids is 1. The summed E-state index contributed by atoms with van der Waals surface area (Å²) >= 11 is 4.92. The van der Waals surface area contributed by atoms with Crippen LogP contribution in [0.15, 0.2) is 0 Å². The van der Waals surface area contributed by atoms with Crippen molar-refractivity contribution in [2.75, 3.05) is 20.3 Å². The SMILES string of the molecule is CCC(C(=O)N(C)C1CCOCC1)C(N)=S. The van der Waals surface area contributed by atoms with Crippen molar-refractivity contribution in [2.24, 2.45) is 11.7 Å². The van der Waals surface area contributed by atoms with E-state index in [9.17, 15) is 4.79 Å². The highest BCUT2D eigenvalue weighted by molar-refractivity contribution is 7.80. The molecule has 1 saturated heterocycles. The van der Waals surface area contributed by atoms with Crippen molar-refractivity contribution in [3.05, 3.63) is 0 Å². The van der Waals surface area contributed by atoms with Crippen molar-refractivity contribution in [3.63, 3.8) is 0 Å². The van der Waals surface area contributed by atoms with E-state index < -0.39 is 0 Å². The molecule has 1 heterocycles. The molecule has 1 atom stereocenters. The van der Waals surface area contributed by atoms with Crippen LogP contribution in [-0.4, -0.2) is 42.1 Å². The molecule has 1 amide bonds. The van der Waals surface area contributed by atoms with Gasteiger partial charge in [0.2, 0.25) is 5.91 Å². The molecule has 4 nitrogen and oxygen atoms in total. The van der Waals surface area contributed by atoms with Gasteiger partial charge in [-0.1, -0.05) is 19.1 Å². The fraction of sp³-hybridized carbons (Fsp3) is 0.818. The van der Waals surface area contributed by atoms with Crippen LogP contribution in [0, 0.1) is 5.92 Å². The molecule has 1 aliphatic rings. The predicted octanol–water partition coefficient (Wildman–Crippen LogP) is 0.936. The maximum absolute atomic E-state index is 12.1. The Bertz CT molecular complexity index is 265. The van der Waals surface area contributed by atoms with Gasteiger partial charge in [-0.2, -0.15) is 0 Å². The first kappa shape index (κ1) is 13.4. The van der Waals surface area contributed by atoms with Gasteiger partial charge in [0.1, 0.15) is 0 Å². The first-order chi connectivity index (χ1) is 7.57. The van der Waals surface area contributed by atoms with Gasteiger partial charge < -0.3 is 15.4 Å². The highest BCUT2D eigenvalue weighted by atomic mass is 32.1. The molecule has 0 aromatic carbocycles. The van der Waals surface area contributed by atoms with Crippen LogP contribution in [0.5, 0.6) is 0 Å². The molecule has 0 spiro atoms. The number of nitrogens with two attached hydrogens (primary N) is 1. The van der Waals surface area contributed by atoms with Crippen LogP contribution in [0.1, 0.15) is 26.2 Å². The average Bonchev–Trinajstić information content (AvgIpc) is 2.29. The zero-order chi connectivity index (χ0) is 12.1. The second kappa shape index (κ2) is 6.15. The molecule has 0 aromatic rings. The molecular formula is C11H20N2O2S. The molecule has 0 saturated carbocycles. The molecule has 0 bridgehead atoms. The quantitative estimate of drug-likeness (QED) is 0.748. The normalized spacial score (nSPS) is 19.1. The van der Waals surface area contributed by atoms with Crippen molar-refractivity contribution in [1.29, 1.82) is 0 Å². The highest BCUT2D eigenvalue weighted by Crippen LogP contribution is 2.16. The summed E-state index contributed by atoms with van der Waals surface area (Å²) in [6.45, 7) is 3.39. The number of ether oxygens (including phenoxy) is 1. The van der Waals surface area contributed by atoms with Crippen LogP contribution in [-0.2, 0) is 9.53 Å². The number of carbonyl (C=O) groups is 1. The number of amides is 1. The summed E-state index contributed by atoms with van der Waals surface area (Å²) in [7, 11) is 1.83. The van der Waals surface area contributed by atoms with E-state index in [0.717, 1.165) is 26.1 Å². The summed E-state index contributed by atoms with van der Waals surface area (Å²) in [4.78, 5) is 14.2. The second-order valence-electron chi connectivity index (χ2n) is 4.16. The zero-order valence-electron chi connectivity index (χ0n) is 9.94. The third kappa shape index (κ3) is 3.15. The predicted molar refractivity (Wildman–Crippen MR) is 67.2 cm³/mol. The van der Waals surface area contributed by atoms with Gasteiger partial charge in [-0.25, -0.2) is 0 Å². The summed E-state index contributed by atoms with van der Waals surface area (Å²) in [5, 5.41) is 0. The van der Waals surface area contributed by atoms with E-state index in [1.807, 2.05) is 14.0 Å². The third-order valence-corrected chi connectivity index (χ3v) is 3.42. The van der Waals surface area contributed by atoms with Gasteiger partial charge in [-0.15, -0.1) is 0 Å². The van der Waals surface area contributed by atoms with Gasteiger partial charge in [-0.05, 0) is 19.3 Å². The second-order valence-corrected chi connectivity index (χ2v) is 4.63. The Morgan fingerprint density at radius 1 is 1.56 bits per heavy atom. The molecule has 5 heteroatoms. The number of hydrogen-bond acceptors (Lipinski definition) is 3. The van der Waals surface area contributed by atoms with Crippen molar-refractivity contribution < 1.29 is 9.53 Å².